The number of amides is 1. The van der Waals surface area contributed by atoms with Crippen LogP contribution in [0.5, 0.6) is 0 Å². The first-order valence-electron chi connectivity index (χ1n) is 5.18. The van der Waals surface area contributed by atoms with Gasteiger partial charge in [0.15, 0.2) is 0 Å². The Kier molecular flexibility index (Phi) is 2.66. The van der Waals surface area contributed by atoms with Gasteiger partial charge in [-0.2, -0.15) is 11.8 Å². The van der Waals surface area contributed by atoms with Crippen LogP contribution in [0.3, 0.4) is 0 Å². The van der Waals surface area contributed by atoms with Crippen molar-refractivity contribution in [2.24, 2.45) is 11.8 Å². The Labute approximate surface area is 92.8 Å². The Morgan fingerprint density at radius 3 is 2.60 bits per heavy atom. The summed E-state index contributed by atoms with van der Waals surface area (Å²) in [7, 11) is 0. The van der Waals surface area contributed by atoms with Gasteiger partial charge in [-0.05, 0) is 24.5 Å². The molecule has 1 saturated carbocycles. The van der Waals surface area contributed by atoms with Gasteiger partial charge in [0.2, 0.25) is 5.91 Å². The number of hydrogen-bond donors (Lipinski definition) is 2. The molecule has 2 rings (SSSR count). The van der Waals surface area contributed by atoms with Crippen molar-refractivity contribution in [2.45, 2.75) is 25.3 Å². The van der Waals surface area contributed by atoms with Crippen LogP contribution in [0, 0.1) is 11.8 Å². The van der Waals surface area contributed by atoms with Crippen molar-refractivity contribution in [3.8, 4) is 0 Å². The molecule has 3 unspecified atom stereocenters. The summed E-state index contributed by atoms with van der Waals surface area (Å²) >= 11 is 1.59. The second-order valence-electron chi connectivity index (χ2n) is 4.50. The fraction of sp³-hybridized carbons (Fsp3) is 0.800. The summed E-state index contributed by atoms with van der Waals surface area (Å²) in [5.41, 5.74) is -0.996. The van der Waals surface area contributed by atoms with Gasteiger partial charge in [-0.25, -0.2) is 4.79 Å². The molecule has 1 amide bonds. The Morgan fingerprint density at radius 1 is 1.53 bits per heavy atom. The van der Waals surface area contributed by atoms with E-state index in [0.717, 1.165) is 12.2 Å². The number of carboxylic acid groups (broad SMARTS) is 1. The molecule has 15 heavy (non-hydrogen) atoms. The molecule has 0 aromatic carbocycles. The summed E-state index contributed by atoms with van der Waals surface area (Å²) in [5, 5.41) is 11.9. The van der Waals surface area contributed by atoms with Crippen molar-refractivity contribution in [3.63, 3.8) is 0 Å². The monoisotopic (exact) mass is 229 g/mol. The zero-order valence-electron chi connectivity index (χ0n) is 8.66. The number of rotatable bonds is 3. The third kappa shape index (κ3) is 1.97. The average Bonchev–Trinajstić information content (AvgIpc) is 2.73. The predicted octanol–water partition coefficient (Wildman–Crippen LogP) is 0.719. The quantitative estimate of drug-likeness (QED) is 0.748. The van der Waals surface area contributed by atoms with Gasteiger partial charge in [0.05, 0.1) is 0 Å². The molecule has 5 heteroatoms. The number of carboxylic acids is 1. The molecule has 1 aliphatic heterocycles. The predicted molar refractivity (Wildman–Crippen MR) is 57.7 cm³/mol. The maximum Gasteiger partial charge on any atom is 0.330 e. The second kappa shape index (κ2) is 3.70. The van der Waals surface area contributed by atoms with Crippen LogP contribution in [0.1, 0.15) is 19.8 Å². The van der Waals surface area contributed by atoms with E-state index in [2.05, 4.69) is 5.32 Å². The SMILES string of the molecule is CC1CC1C(=O)NC1(C(=O)O)CCSC1. The largest absolute Gasteiger partial charge is 0.479 e. The second-order valence-corrected chi connectivity index (χ2v) is 5.60. The minimum absolute atomic E-state index is 0.0480. The lowest BCUT2D eigenvalue weighted by Crippen LogP contribution is -2.55. The molecule has 2 N–H and O–H groups in total. The molecule has 4 nitrogen and oxygen atoms in total. The fourth-order valence-electron chi connectivity index (χ4n) is 1.90. The van der Waals surface area contributed by atoms with E-state index in [1.54, 1.807) is 11.8 Å². The van der Waals surface area contributed by atoms with Crippen LogP contribution < -0.4 is 5.32 Å². The lowest BCUT2D eigenvalue weighted by atomic mass is 9.99. The third-order valence-electron chi connectivity index (χ3n) is 3.24. The van der Waals surface area contributed by atoms with Crippen LogP contribution in [0.25, 0.3) is 0 Å². The van der Waals surface area contributed by atoms with Crippen LogP contribution in [-0.4, -0.2) is 34.0 Å². The van der Waals surface area contributed by atoms with E-state index < -0.39 is 11.5 Å². The van der Waals surface area contributed by atoms with Gasteiger partial charge in [0, 0.05) is 11.7 Å². The van der Waals surface area contributed by atoms with E-state index in [9.17, 15) is 9.59 Å². The molecule has 3 atom stereocenters. The summed E-state index contributed by atoms with van der Waals surface area (Å²) in [4.78, 5) is 22.9. The number of carbonyl (C=O) groups excluding carboxylic acids is 1. The van der Waals surface area contributed by atoms with Crippen molar-refractivity contribution < 1.29 is 14.7 Å². The molecule has 0 aromatic rings. The minimum atomic E-state index is -0.996. The van der Waals surface area contributed by atoms with Gasteiger partial charge in [0.1, 0.15) is 5.54 Å². The van der Waals surface area contributed by atoms with Crippen molar-refractivity contribution in [3.05, 3.63) is 0 Å². The van der Waals surface area contributed by atoms with Crippen molar-refractivity contribution in [1.82, 2.24) is 5.32 Å². The average molecular weight is 229 g/mol. The summed E-state index contributed by atoms with van der Waals surface area (Å²) < 4.78 is 0. The van der Waals surface area contributed by atoms with Crippen molar-refractivity contribution in [1.29, 1.82) is 0 Å². The zero-order chi connectivity index (χ0) is 11.1. The highest BCUT2D eigenvalue weighted by molar-refractivity contribution is 7.99. The van der Waals surface area contributed by atoms with E-state index in [4.69, 9.17) is 5.11 Å². The van der Waals surface area contributed by atoms with Gasteiger partial charge in [-0.1, -0.05) is 6.92 Å². The van der Waals surface area contributed by atoms with Crippen molar-refractivity contribution in [2.75, 3.05) is 11.5 Å². The molecule has 2 aliphatic rings. The molecule has 0 aromatic heterocycles. The molecule has 0 bridgehead atoms. The Balaban J connectivity index is 2.01. The molecule has 84 valence electrons. The van der Waals surface area contributed by atoms with Gasteiger partial charge in [-0.15, -0.1) is 0 Å². The van der Waals surface area contributed by atoms with Crippen LogP contribution in [0.2, 0.25) is 0 Å². The third-order valence-corrected chi connectivity index (χ3v) is 4.43. The number of nitrogens with one attached hydrogen (secondary N) is 1. The van der Waals surface area contributed by atoms with Crippen LogP contribution in [-0.2, 0) is 9.59 Å². The lowest BCUT2D eigenvalue weighted by molar-refractivity contribution is -0.146. The molecule has 2 fully saturated rings. The molecule has 0 radical (unpaired) electrons. The number of thioether (sulfide) groups is 1. The highest BCUT2D eigenvalue weighted by atomic mass is 32.2. The molecule has 1 saturated heterocycles. The van der Waals surface area contributed by atoms with Crippen LogP contribution in [0.15, 0.2) is 0 Å². The highest BCUT2D eigenvalue weighted by Crippen LogP contribution is 2.39. The fourth-order valence-corrected chi connectivity index (χ4v) is 3.23. The highest BCUT2D eigenvalue weighted by Gasteiger charge is 2.47. The van der Waals surface area contributed by atoms with Crippen LogP contribution in [0.4, 0.5) is 0 Å². The first-order valence-corrected chi connectivity index (χ1v) is 6.34. The topological polar surface area (TPSA) is 66.4 Å². The van der Waals surface area contributed by atoms with Gasteiger partial charge < -0.3 is 10.4 Å². The summed E-state index contributed by atoms with van der Waals surface area (Å²) in [6, 6.07) is 0. The molecular weight excluding hydrogens is 214 g/mol. The Morgan fingerprint density at radius 2 is 2.20 bits per heavy atom. The smallest absolute Gasteiger partial charge is 0.330 e. The van der Waals surface area contributed by atoms with Gasteiger partial charge >= 0.3 is 5.97 Å². The summed E-state index contributed by atoms with van der Waals surface area (Å²) in [5.74, 6) is 0.806. The zero-order valence-corrected chi connectivity index (χ0v) is 9.47. The standard InChI is InChI=1S/C10H15NO3S/c1-6-4-7(6)8(12)11-10(9(13)14)2-3-15-5-10/h6-7H,2-5H2,1H3,(H,11,12)(H,13,14). The number of hydrogen-bond acceptors (Lipinski definition) is 3. The van der Waals surface area contributed by atoms with E-state index in [-0.39, 0.29) is 11.8 Å². The summed E-state index contributed by atoms with van der Waals surface area (Å²) in [6.07, 6.45) is 1.44. The first-order chi connectivity index (χ1) is 7.05. The van der Waals surface area contributed by atoms with E-state index >= 15 is 0 Å². The van der Waals surface area contributed by atoms with Gasteiger partial charge in [0.25, 0.3) is 0 Å². The van der Waals surface area contributed by atoms with Gasteiger partial charge in [-0.3, -0.25) is 4.79 Å². The maximum absolute atomic E-state index is 11.7. The normalized spacial score (nSPS) is 38.7. The van der Waals surface area contributed by atoms with Crippen molar-refractivity contribution >= 4 is 23.6 Å². The van der Waals surface area contributed by atoms with E-state index in [1.165, 1.54) is 0 Å². The molecule has 1 heterocycles. The minimum Gasteiger partial charge on any atom is -0.479 e. The van der Waals surface area contributed by atoms with E-state index in [0.29, 0.717) is 18.1 Å². The van der Waals surface area contributed by atoms with E-state index in [1.807, 2.05) is 6.92 Å². The number of carbonyl (C=O) groups is 2. The lowest BCUT2D eigenvalue weighted by Gasteiger charge is -2.24. The molecule has 1 aliphatic carbocycles. The Bertz CT molecular complexity index is 299. The maximum atomic E-state index is 11.7. The number of aliphatic carboxylic acids is 1. The molecule has 0 spiro atoms. The summed E-state index contributed by atoms with van der Waals surface area (Å²) in [6.45, 7) is 2.01. The Hall–Kier alpha value is -0.710. The first kappa shape index (κ1) is 10.8. The molecular formula is C10H15NO3S. The van der Waals surface area contributed by atoms with Crippen LogP contribution >= 0.6 is 11.8 Å².